The van der Waals surface area contributed by atoms with Gasteiger partial charge < -0.3 is 15.8 Å². The van der Waals surface area contributed by atoms with Crippen molar-refractivity contribution >= 4 is 57.2 Å². The predicted octanol–water partition coefficient (Wildman–Crippen LogP) is 6.01. The lowest BCUT2D eigenvalue weighted by Crippen LogP contribution is -2.42. The van der Waals surface area contributed by atoms with Gasteiger partial charge in [0.1, 0.15) is 17.4 Å². The lowest BCUT2D eigenvalue weighted by Gasteiger charge is -2.42. The summed E-state index contributed by atoms with van der Waals surface area (Å²) in [6.45, 7) is 3.94. The van der Waals surface area contributed by atoms with E-state index in [1.807, 2.05) is 13.8 Å². The maximum Gasteiger partial charge on any atom is 0.234 e. The molecule has 5 rings (SSSR count). The lowest BCUT2D eigenvalue weighted by molar-refractivity contribution is -0.118. The van der Waals surface area contributed by atoms with Crippen LogP contribution >= 0.6 is 34.7 Å². The zero-order valence-electron chi connectivity index (χ0n) is 22.9. The number of amides is 1. The van der Waals surface area contributed by atoms with Gasteiger partial charge in [-0.3, -0.25) is 14.5 Å². The number of ketones is 1. The number of methoxy groups -OCH3 is 1. The van der Waals surface area contributed by atoms with E-state index in [0.29, 0.717) is 43.6 Å². The third-order valence-corrected chi connectivity index (χ3v) is 9.22. The van der Waals surface area contributed by atoms with E-state index in [4.69, 9.17) is 22.1 Å². The molecule has 2 aliphatic rings. The fourth-order valence-corrected chi connectivity index (χ4v) is 7.04. The molecule has 9 nitrogen and oxygen atoms in total. The molecule has 1 aliphatic heterocycles. The monoisotopic (exact) mass is 624 g/mol. The van der Waals surface area contributed by atoms with Gasteiger partial charge in [-0.15, -0.1) is 10.2 Å². The summed E-state index contributed by atoms with van der Waals surface area (Å²) < 4.78 is 20.8. The molecule has 216 valence electrons. The van der Waals surface area contributed by atoms with Gasteiger partial charge in [-0.2, -0.15) is 5.26 Å². The Hall–Kier alpha value is -3.92. The van der Waals surface area contributed by atoms with Crippen molar-refractivity contribution in [3.63, 3.8) is 0 Å². The Kier molecular flexibility index (Phi) is 8.28. The van der Waals surface area contributed by atoms with Crippen LogP contribution in [-0.4, -0.2) is 34.8 Å². The number of hydrogen-bond donors (Lipinski definition) is 2. The van der Waals surface area contributed by atoms with E-state index in [1.54, 1.807) is 41.3 Å². The van der Waals surface area contributed by atoms with Gasteiger partial charge in [0, 0.05) is 28.3 Å². The molecule has 2 heterocycles. The van der Waals surface area contributed by atoms with Crippen molar-refractivity contribution in [1.29, 1.82) is 5.26 Å². The van der Waals surface area contributed by atoms with Gasteiger partial charge in [0.05, 0.1) is 36.1 Å². The molecule has 0 fully saturated rings. The molecule has 3 aromatic rings. The first-order chi connectivity index (χ1) is 20.0. The molecule has 0 saturated heterocycles. The maximum atomic E-state index is 15.0. The minimum absolute atomic E-state index is 0.0217. The molecule has 1 aromatic heterocycles. The zero-order chi connectivity index (χ0) is 30.2. The molecule has 1 aliphatic carbocycles. The summed E-state index contributed by atoms with van der Waals surface area (Å²) in [5.41, 5.74) is 7.82. The Morgan fingerprint density at radius 3 is 2.79 bits per heavy atom. The quantitative estimate of drug-likeness (QED) is 0.303. The van der Waals surface area contributed by atoms with Gasteiger partial charge >= 0.3 is 0 Å². The molecule has 0 bridgehead atoms. The van der Waals surface area contributed by atoms with E-state index in [1.165, 1.54) is 36.3 Å². The second-order valence-corrected chi connectivity index (χ2v) is 13.1. The van der Waals surface area contributed by atoms with Crippen molar-refractivity contribution in [2.75, 3.05) is 23.1 Å². The molecular formula is C29H26ClFN6O3S2. The van der Waals surface area contributed by atoms with E-state index in [0.717, 1.165) is 0 Å². The summed E-state index contributed by atoms with van der Waals surface area (Å²) in [6, 6.07) is 13.1. The van der Waals surface area contributed by atoms with Crippen LogP contribution in [0.15, 0.2) is 69.5 Å². The van der Waals surface area contributed by atoms with Crippen molar-refractivity contribution in [2.45, 2.75) is 36.9 Å². The second-order valence-electron chi connectivity index (χ2n) is 10.5. The van der Waals surface area contributed by atoms with Crippen LogP contribution in [0.4, 0.5) is 15.2 Å². The number of nitrogens with two attached hydrogens (primary N) is 1. The van der Waals surface area contributed by atoms with Gasteiger partial charge in [-0.05, 0) is 36.1 Å². The number of allylic oxidation sites excluding steroid dienone is 3. The number of hydrogen-bond acceptors (Lipinski definition) is 10. The molecule has 2 aromatic carbocycles. The Bertz CT molecular complexity index is 1700. The van der Waals surface area contributed by atoms with Gasteiger partial charge in [-0.1, -0.05) is 66.7 Å². The Balaban J connectivity index is 1.46. The SMILES string of the molecule is COc1ccc(Cl)cc1NC(=O)CSc1nnc(N2C(N)=C(C#N)C(c3ccccc3F)C3=C2CC(C)(C)CC3=O)s1. The number of thioether (sulfide) groups is 1. The van der Waals surface area contributed by atoms with Gasteiger partial charge in [0.15, 0.2) is 10.1 Å². The highest BCUT2D eigenvalue weighted by Gasteiger charge is 2.46. The molecule has 1 amide bonds. The van der Waals surface area contributed by atoms with Crippen LogP contribution in [0.1, 0.15) is 38.2 Å². The summed E-state index contributed by atoms with van der Waals surface area (Å²) in [5, 5.41) is 22.3. The molecule has 42 heavy (non-hydrogen) atoms. The van der Waals surface area contributed by atoms with Gasteiger partial charge in [0.25, 0.3) is 0 Å². The van der Waals surface area contributed by atoms with Crippen molar-refractivity contribution in [1.82, 2.24) is 10.2 Å². The van der Waals surface area contributed by atoms with E-state index in [9.17, 15) is 14.9 Å². The largest absolute Gasteiger partial charge is 0.495 e. The van der Waals surface area contributed by atoms with E-state index in [2.05, 4.69) is 21.6 Å². The van der Waals surface area contributed by atoms with Crippen LogP contribution in [0, 0.1) is 22.6 Å². The van der Waals surface area contributed by atoms with Crippen molar-refractivity contribution < 1.29 is 18.7 Å². The number of carbonyl (C=O) groups is 2. The molecule has 3 N–H and O–H groups in total. The fraction of sp³-hybridized carbons (Fsp3) is 0.276. The third kappa shape index (κ3) is 5.72. The van der Waals surface area contributed by atoms with Crippen molar-refractivity contribution in [2.24, 2.45) is 11.1 Å². The van der Waals surface area contributed by atoms with Gasteiger partial charge in [-0.25, -0.2) is 4.39 Å². The lowest BCUT2D eigenvalue weighted by atomic mass is 9.68. The van der Waals surface area contributed by atoms with Crippen LogP contribution in [0.5, 0.6) is 5.75 Å². The Morgan fingerprint density at radius 1 is 1.31 bits per heavy atom. The number of nitrogens with one attached hydrogen (secondary N) is 1. The number of nitrogens with zero attached hydrogens (tertiary/aromatic N) is 4. The molecular weight excluding hydrogens is 599 g/mol. The first-order valence-corrected chi connectivity index (χ1v) is 15.0. The molecule has 0 spiro atoms. The molecule has 1 atom stereocenters. The normalized spacial score (nSPS) is 18.0. The number of ether oxygens (including phenoxy) is 1. The molecule has 1 unspecified atom stereocenters. The van der Waals surface area contributed by atoms with Crippen LogP contribution < -0.4 is 20.7 Å². The number of aromatic nitrogens is 2. The fourth-order valence-electron chi connectivity index (χ4n) is 5.19. The zero-order valence-corrected chi connectivity index (χ0v) is 25.3. The molecule has 13 heteroatoms. The number of nitriles is 1. The number of halogens is 2. The first-order valence-electron chi connectivity index (χ1n) is 12.8. The van der Waals surface area contributed by atoms with Crippen LogP contribution in [0.25, 0.3) is 0 Å². The van der Waals surface area contributed by atoms with Crippen molar-refractivity contribution in [3.8, 4) is 11.8 Å². The van der Waals surface area contributed by atoms with E-state index in [-0.39, 0.29) is 40.8 Å². The highest BCUT2D eigenvalue weighted by molar-refractivity contribution is 8.01. The Morgan fingerprint density at radius 2 is 2.07 bits per heavy atom. The molecule has 0 saturated carbocycles. The van der Waals surface area contributed by atoms with Crippen LogP contribution in [0.2, 0.25) is 5.02 Å². The molecule has 0 radical (unpaired) electrons. The second kappa shape index (κ2) is 11.8. The number of benzene rings is 2. The minimum atomic E-state index is -0.931. The van der Waals surface area contributed by atoms with Crippen molar-refractivity contribution in [3.05, 3.63) is 81.5 Å². The summed E-state index contributed by atoms with van der Waals surface area (Å²) in [7, 11) is 1.50. The summed E-state index contributed by atoms with van der Waals surface area (Å²) in [5.74, 6) is -1.38. The highest BCUT2D eigenvalue weighted by atomic mass is 35.5. The van der Waals surface area contributed by atoms with Crippen LogP contribution in [-0.2, 0) is 9.59 Å². The topological polar surface area (TPSA) is 134 Å². The number of rotatable bonds is 7. The van der Waals surface area contributed by atoms with Crippen LogP contribution in [0.3, 0.4) is 0 Å². The minimum Gasteiger partial charge on any atom is -0.495 e. The van der Waals surface area contributed by atoms with E-state index >= 15 is 4.39 Å². The first kappa shape index (κ1) is 29.6. The standard InChI is InChI=1S/C29H26ClFN6O3S2/c1-29(2)11-20-25(21(38)12-29)24(16-6-4-5-7-18(16)31)17(13-32)26(33)37(20)27-35-36-28(42-27)41-14-23(39)34-19-10-15(30)8-9-22(19)40-3/h4-10,24H,11-12,14,33H2,1-3H3,(H,34,39). The van der Waals surface area contributed by atoms with E-state index < -0.39 is 17.2 Å². The highest BCUT2D eigenvalue weighted by Crippen LogP contribution is 2.51. The number of carbonyl (C=O) groups excluding carboxylic acids is 2. The smallest absolute Gasteiger partial charge is 0.234 e. The maximum absolute atomic E-state index is 15.0. The summed E-state index contributed by atoms with van der Waals surface area (Å²) in [4.78, 5) is 27.9. The summed E-state index contributed by atoms with van der Waals surface area (Å²) >= 11 is 8.39. The average molecular weight is 625 g/mol. The predicted molar refractivity (Wildman–Crippen MR) is 161 cm³/mol. The summed E-state index contributed by atoms with van der Waals surface area (Å²) in [6.07, 6.45) is 0.692. The average Bonchev–Trinajstić information content (AvgIpc) is 3.39. The number of anilines is 2. The third-order valence-electron chi connectivity index (χ3n) is 6.95. The van der Waals surface area contributed by atoms with Gasteiger partial charge in [0.2, 0.25) is 11.0 Å². The Labute approximate surface area is 255 Å². The number of Topliss-reactive ketones (excluding diaryl/α,β-unsaturated/α-hetero) is 1.